The summed E-state index contributed by atoms with van der Waals surface area (Å²) in [6.45, 7) is 9.27. The zero-order valence-electron chi connectivity index (χ0n) is 14.1. The Kier molecular flexibility index (Phi) is 4.99. The van der Waals surface area contributed by atoms with Crippen molar-refractivity contribution < 1.29 is 9.53 Å². The molecule has 0 radical (unpaired) electrons. The minimum atomic E-state index is -0.402. The van der Waals surface area contributed by atoms with Gasteiger partial charge in [-0.15, -0.1) is 0 Å². The Bertz CT molecular complexity index is 363. The first-order valence-electron chi connectivity index (χ1n) is 8.44. The Morgan fingerprint density at radius 1 is 1.29 bits per heavy atom. The van der Waals surface area contributed by atoms with Gasteiger partial charge in [0, 0.05) is 12.6 Å². The van der Waals surface area contributed by atoms with Crippen molar-refractivity contribution in [3.05, 3.63) is 0 Å². The van der Waals surface area contributed by atoms with E-state index in [1.54, 1.807) is 0 Å². The SMILES string of the molecule is CC(OC1(CN)CCC(C(C)(C)C)CC1)C(=O)NC1CC1. The summed E-state index contributed by atoms with van der Waals surface area (Å²) in [6.07, 6.45) is 6.01. The van der Waals surface area contributed by atoms with Crippen LogP contribution in [0.1, 0.15) is 66.2 Å². The molecule has 2 aliphatic rings. The van der Waals surface area contributed by atoms with Crippen LogP contribution >= 0.6 is 0 Å². The second-order valence-electron chi connectivity index (χ2n) is 8.07. The van der Waals surface area contributed by atoms with Crippen molar-refractivity contribution in [1.82, 2.24) is 5.32 Å². The van der Waals surface area contributed by atoms with Crippen molar-refractivity contribution in [3.8, 4) is 0 Å². The van der Waals surface area contributed by atoms with Crippen molar-refractivity contribution in [3.63, 3.8) is 0 Å². The van der Waals surface area contributed by atoms with E-state index in [0.29, 0.717) is 18.0 Å². The molecule has 4 nitrogen and oxygen atoms in total. The highest BCUT2D eigenvalue weighted by molar-refractivity contribution is 5.80. The molecule has 2 saturated carbocycles. The van der Waals surface area contributed by atoms with E-state index in [0.717, 1.165) is 44.4 Å². The Morgan fingerprint density at radius 2 is 1.86 bits per heavy atom. The topological polar surface area (TPSA) is 64.3 Å². The molecular formula is C17H32N2O2. The summed E-state index contributed by atoms with van der Waals surface area (Å²) in [4.78, 5) is 12.1. The molecule has 21 heavy (non-hydrogen) atoms. The van der Waals surface area contributed by atoms with Gasteiger partial charge >= 0.3 is 0 Å². The summed E-state index contributed by atoms with van der Waals surface area (Å²) < 4.78 is 6.14. The molecule has 0 saturated heterocycles. The van der Waals surface area contributed by atoms with Crippen LogP contribution in [0.4, 0.5) is 0 Å². The molecule has 2 rings (SSSR count). The minimum Gasteiger partial charge on any atom is -0.361 e. The highest BCUT2D eigenvalue weighted by Crippen LogP contribution is 2.42. The molecule has 122 valence electrons. The van der Waals surface area contributed by atoms with Gasteiger partial charge in [-0.1, -0.05) is 20.8 Å². The molecule has 1 unspecified atom stereocenters. The van der Waals surface area contributed by atoms with Gasteiger partial charge in [-0.25, -0.2) is 0 Å². The zero-order chi connectivity index (χ0) is 15.7. The third kappa shape index (κ3) is 4.43. The van der Waals surface area contributed by atoms with Crippen LogP contribution in [0.2, 0.25) is 0 Å². The lowest BCUT2D eigenvalue weighted by molar-refractivity contribution is -0.152. The van der Waals surface area contributed by atoms with E-state index in [-0.39, 0.29) is 11.5 Å². The smallest absolute Gasteiger partial charge is 0.249 e. The van der Waals surface area contributed by atoms with E-state index in [1.807, 2.05) is 6.92 Å². The number of nitrogens with one attached hydrogen (secondary N) is 1. The number of amides is 1. The monoisotopic (exact) mass is 296 g/mol. The molecule has 4 heteroatoms. The number of carbonyl (C=O) groups excluding carboxylic acids is 1. The molecule has 2 fully saturated rings. The van der Waals surface area contributed by atoms with Crippen molar-refractivity contribution in [2.24, 2.45) is 17.1 Å². The maximum absolute atomic E-state index is 12.1. The molecule has 0 spiro atoms. The van der Waals surface area contributed by atoms with Crippen molar-refractivity contribution in [2.75, 3.05) is 6.54 Å². The Labute approximate surface area is 129 Å². The van der Waals surface area contributed by atoms with Crippen molar-refractivity contribution >= 4 is 5.91 Å². The third-order valence-electron chi connectivity index (χ3n) is 5.21. The van der Waals surface area contributed by atoms with Crippen LogP contribution < -0.4 is 11.1 Å². The maximum Gasteiger partial charge on any atom is 0.249 e. The fraction of sp³-hybridized carbons (Fsp3) is 0.941. The quantitative estimate of drug-likeness (QED) is 0.819. The number of ether oxygens (including phenoxy) is 1. The highest BCUT2D eigenvalue weighted by Gasteiger charge is 2.40. The summed E-state index contributed by atoms with van der Waals surface area (Å²) in [6, 6.07) is 0.383. The fourth-order valence-corrected chi connectivity index (χ4v) is 3.35. The highest BCUT2D eigenvalue weighted by atomic mass is 16.5. The van der Waals surface area contributed by atoms with Gasteiger partial charge in [0.25, 0.3) is 0 Å². The van der Waals surface area contributed by atoms with Gasteiger partial charge in [0.15, 0.2) is 0 Å². The number of nitrogens with two attached hydrogens (primary N) is 1. The van der Waals surface area contributed by atoms with E-state index in [1.165, 1.54) is 0 Å². The van der Waals surface area contributed by atoms with Crippen LogP contribution in [0.3, 0.4) is 0 Å². The third-order valence-corrected chi connectivity index (χ3v) is 5.21. The van der Waals surface area contributed by atoms with Crippen LogP contribution in [0.25, 0.3) is 0 Å². The average molecular weight is 296 g/mol. The molecule has 0 aromatic rings. The Balaban J connectivity index is 1.88. The predicted octanol–water partition coefficient (Wildman–Crippen LogP) is 2.60. The molecule has 1 atom stereocenters. The van der Waals surface area contributed by atoms with Gasteiger partial charge < -0.3 is 15.8 Å². The lowest BCUT2D eigenvalue weighted by Crippen LogP contribution is -2.50. The van der Waals surface area contributed by atoms with Gasteiger partial charge in [-0.3, -0.25) is 4.79 Å². The standard InChI is InChI=1S/C17H32N2O2/c1-12(15(20)19-14-5-6-14)21-17(11-18)9-7-13(8-10-17)16(2,3)4/h12-14H,5-11,18H2,1-4H3,(H,19,20). The summed E-state index contributed by atoms with van der Waals surface area (Å²) in [7, 11) is 0. The number of hydrogen-bond acceptors (Lipinski definition) is 3. The molecule has 0 aromatic carbocycles. The van der Waals surface area contributed by atoms with Crippen LogP contribution in [0.15, 0.2) is 0 Å². The number of rotatable bonds is 5. The van der Waals surface area contributed by atoms with Crippen LogP contribution in [0.5, 0.6) is 0 Å². The molecule has 0 aliphatic heterocycles. The van der Waals surface area contributed by atoms with Crippen molar-refractivity contribution in [2.45, 2.75) is 84.0 Å². The lowest BCUT2D eigenvalue weighted by Gasteiger charge is -2.44. The summed E-state index contributed by atoms with van der Waals surface area (Å²) in [5.74, 6) is 0.736. The molecule has 0 bridgehead atoms. The lowest BCUT2D eigenvalue weighted by atomic mass is 9.68. The first-order valence-corrected chi connectivity index (χ1v) is 8.44. The molecule has 0 aromatic heterocycles. The number of carbonyl (C=O) groups is 1. The maximum atomic E-state index is 12.1. The zero-order valence-corrected chi connectivity index (χ0v) is 14.1. The van der Waals surface area contributed by atoms with Gasteiger partial charge in [-0.05, 0) is 56.8 Å². The van der Waals surface area contributed by atoms with E-state index in [9.17, 15) is 4.79 Å². The molecule has 0 heterocycles. The summed E-state index contributed by atoms with van der Waals surface area (Å²) >= 11 is 0. The van der Waals surface area contributed by atoms with E-state index >= 15 is 0 Å². The molecule has 1 amide bonds. The molecular weight excluding hydrogens is 264 g/mol. The Hall–Kier alpha value is -0.610. The average Bonchev–Trinajstić information content (AvgIpc) is 3.22. The summed E-state index contributed by atoms with van der Waals surface area (Å²) in [5, 5.41) is 3.01. The van der Waals surface area contributed by atoms with Crippen LogP contribution in [-0.4, -0.2) is 30.2 Å². The number of hydrogen-bond donors (Lipinski definition) is 2. The van der Waals surface area contributed by atoms with Crippen LogP contribution in [-0.2, 0) is 9.53 Å². The van der Waals surface area contributed by atoms with E-state index in [4.69, 9.17) is 10.5 Å². The summed E-state index contributed by atoms with van der Waals surface area (Å²) in [5.41, 5.74) is 6.04. The predicted molar refractivity (Wildman–Crippen MR) is 84.9 cm³/mol. The second kappa shape index (κ2) is 6.25. The molecule has 2 aliphatic carbocycles. The largest absolute Gasteiger partial charge is 0.361 e. The van der Waals surface area contributed by atoms with Gasteiger partial charge in [0.2, 0.25) is 5.91 Å². The second-order valence-corrected chi connectivity index (χ2v) is 8.07. The first-order chi connectivity index (χ1) is 9.76. The van der Waals surface area contributed by atoms with Crippen LogP contribution in [0, 0.1) is 11.3 Å². The fourth-order valence-electron chi connectivity index (χ4n) is 3.35. The first kappa shape index (κ1) is 16.8. The minimum absolute atomic E-state index is 0.0169. The van der Waals surface area contributed by atoms with E-state index in [2.05, 4.69) is 26.1 Å². The van der Waals surface area contributed by atoms with Gasteiger partial charge in [0.05, 0.1) is 5.60 Å². The molecule has 3 N–H and O–H groups in total. The van der Waals surface area contributed by atoms with E-state index < -0.39 is 6.10 Å². The van der Waals surface area contributed by atoms with Crippen molar-refractivity contribution in [1.29, 1.82) is 0 Å². The normalized spacial score (nSPS) is 31.8. The van der Waals surface area contributed by atoms with Gasteiger partial charge in [-0.2, -0.15) is 0 Å². The Morgan fingerprint density at radius 3 is 2.29 bits per heavy atom. The van der Waals surface area contributed by atoms with Gasteiger partial charge in [0.1, 0.15) is 6.10 Å².